The molecule has 0 spiro atoms. The number of rotatable bonds is 5. The minimum Gasteiger partial charge on any atom is -0.381 e. The molecule has 74 valence electrons. The molecule has 0 bridgehead atoms. The summed E-state index contributed by atoms with van der Waals surface area (Å²) in [5.74, 6) is 3.39. The summed E-state index contributed by atoms with van der Waals surface area (Å²) in [7, 11) is 0. The van der Waals surface area contributed by atoms with Gasteiger partial charge < -0.3 is 10.1 Å². The molecule has 0 aromatic rings. The third kappa shape index (κ3) is 4.92. The van der Waals surface area contributed by atoms with Gasteiger partial charge in [-0.05, 0) is 38.3 Å². The Morgan fingerprint density at radius 3 is 2.85 bits per heavy atom. The SMILES string of the molecule is C#CCCCOCC1CCNCC1. The Labute approximate surface area is 81.0 Å². The first-order valence-electron chi connectivity index (χ1n) is 5.15. The monoisotopic (exact) mass is 181 g/mol. The standard InChI is InChI=1S/C11H19NO/c1-2-3-4-9-13-10-11-5-7-12-8-6-11/h1,11-12H,3-10H2. The predicted molar refractivity (Wildman–Crippen MR) is 54.5 cm³/mol. The second-order valence-electron chi connectivity index (χ2n) is 3.58. The van der Waals surface area contributed by atoms with Crippen molar-refractivity contribution in [3.63, 3.8) is 0 Å². The van der Waals surface area contributed by atoms with Crippen LogP contribution in [0.3, 0.4) is 0 Å². The number of hydrogen-bond acceptors (Lipinski definition) is 2. The Balaban J connectivity index is 1.90. The molecule has 1 fully saturated rings. The number of ether oxygens (including phenoxy) is 1. The summed E-state index contributed by atoms with van der Waals surface area (Å²) in [5, 5.41) is 3.34. The first-order chi connectivity index (χ1) is 6.43. The van der Waals surface area contributed by atoms with Crippen molar-refractivity contribution >= 4 is 0 Å². The summed E-state index contributed by atoms with van der Waals surface area (Å²) < 4.78 is 5.55. The molecule has 0 amide bonds. The molecule has 1 aliphatic heterocycles. The van der Waals surface area contributed by atoms with Crippen LogP contribution in [0.1, 0.15) is 25.7 Å². The highest BCUT2D eigenvalue weighted by atomic mass is 16.5. The predicted octanol–water partition coefficient (Wildman–Crippen LogP) is 1.42. The van der Waals surface area contributed by atoms with Gasteiger partial charge in [0, 0.05) is 19.6 Å². The van der Waals surface area contributed by atoms with Gasteiger partial charge in [0.2, 0.25) is 0 Å². The molecule has 1 heterocycles. The molecule has 2 heteroatoms. The van der Waals surface area contributed by atoms with Crippen LogP contribution in [0.2, 0.25) is 0 Å². The van der Waals surface area contributed by atoms with Crippen LogP contribution in [-0.2, 0) is 4.74 Å². The van der Waals surface area contributed by atoms with Gasteiger partial charge in [-0.1, -0.05) is 0 Å². The molecule has 1 rings (SSSR count). The van der Waals surface area contributed by atoms with Crippen LogP contribution in [0.15, 0.2) is 0 Å². The second kappa shape index (κ2) is 6.94. The van der Waals surface area contributed by atoms with Gasteiger partial charge in [0.15, 0.2) is 0 Å². The molecule has 1 aliphatic rings. The van der Waals surface area contributed by atoms with E-state index in [2.05, 4.69) is 11.2 Å². The lowest BCUT2D eigenvalue weighted by atomic mass is 9.99. The first-order valence-corrected chi connectivity index (χ1v) is 5.15. The first kappa shape index (κ1) is 10.6. The van der Waals surface area contributed by atoms with E-state index in [1.54, 1.807) is 0 Å². The number of piperidine rings is 1. The minimum atomic E-state index is 0.770. The van der Waals surface area contributed by atoms with Crippen molar-refractivity contribution in [3.8, 4) is 12.3 Å². The van der Waals surface area contributed by atoms with Crippen molar-refractivity contribution in [1.29, 1.82) is 0 Å². The number of unbranched alkanes of at least 4 members (excludes halogenated alkanes) is 1. The van der Waals surface area contributed by atoms with Crippen LogP contribution in [0.4, 0.5) is 0 Å². The smallest absolute Gasteiger partial charge is 0.0495 e. The summed E-state index contributed by atoms with van der Waals surface area (Å²) >= 11 is 0. The summed E-state index contributed by atoms with van der Waals surface area (Å²) in [6, 6.07) is 0. The van der Waals surface area contributed by atoms with Crippen LogP contribution in [0, 0.1) is 18.3 Å². The highest BCUT2D eigenvalue weighted by Crippen LogP contribution is 2.11. The number of hydrogen-bond donors (Lipinski definition) is 1. The molecule has 1 saturated heterocycles. The Morgan fingerprint density at radius 2 is 2.15 bits per heavy atom. The van der Waals surface area contributed by atoms with Gasteiger partial charge in [-0.3, -0.25) is 0 Å². The van der Waals surface area contributed by atoms with E-state index >= 15 is 0 Å². The Kier molecular flexibility index (Phi) is 5.64. The molecule has 13 heavy (non-hydrogen) atoms. The van der Waals surface area contributed by atoms with Crippen LogP contribution in [0.5, 0.6) is 0 Å². The van der Waals surface area contributed by atoms with Crippen LogP contribution < -0.4 is 5.32 Å². The van der Waals surface area contributed by atoms with Crippen LogP contribution in [-0.4, -0.2) is 26.3 Å². The maximum atomic E-state index is 5.55. The number of terminal acetylenes is 1. The summed E-state index contributed by atoms with van der Waals surface area (Å²) in [5.41, 5.74) is 0. The fraction of sp³-hybridized carbons (Fsp3) is 0.818. The largest absolute Gasteiger partial charge is 0.381 e. The molecular weight excluding hydrogens is 162 g/mol. The van der Waals surface area contributed by atoms with Gasteiger partial charge in [0.1, 0.15) is 0 Å². The third-order valence-corrected chi connectivity index (χ3v) is 2.42. The molecular formula is C11H19NO. The average molecular weight is 181 g/mol. The normalized spacial score (nSPS) is 18.4. The van der Waals surface area contributed by atoms with Crippen molar-refractivity contribution in [2.45, 2.75) is 25.7 Å². The zero-order valence-electron chi connectivity index (χ0n) is 8.22. The van der Waals surface area contributed by atoms with E-state index in [9.17, 15) is 0 Å². The number of nitrogens with one attached hydrogen (secondary N) is 1. The molecule has 2 nitrogen and oxygen atoms in total. The van der Waals surface area contributed by atoms with E-state index in [1.165, 1.54) is 12.8 Å². The Morgan fingerprint density at radius 1 is 1.38 bits per heavy atom. The Bertz CT molecular complexity index is 156. The fourth-order valence-corrected chi connectivity index (χ4v) is 1.57. The molecule has 0 aromatic carbocycles. The van der Waals surface area contributed by atoms with Crippen LogP contribution in [0.25, 0.3) is 0 Å². The maximum Gasteiger partial charge on any atom is 0.0495 e. The lowest BCUT2D eigenvalue weighted by molar-refractivity contribution is 0.0869. The molecule has 0 atom stereocenters. The fourth-order valence-electron chi connectivity index (χ4n) is 1.57. The summed E-state index contributed by atoms with van der Waals surface area (Å²) in [6.45, 7) is 4.05. The van der Waals surface area contributed by atoms with Crippen molar-refractivity contribution in [3.05, 3.63) is 0 Å². The second-order valence-corrected chi connectivity index (χ2v) is 3.58. The molecule has 0 radical (unpaired) electrons. The minimum absolute atomic E-state index is 0.770. The zero-order chi connectivity index (χ0) is 9.36. The van der Waals surface area contributed by atoms with Gasteiger partial charge in [-0.25, -0.2) is 0 Å². The average Bonchev–Trinajstić information content (AvgIpc) is 2.19. The molecule has 0 unspecified atom stereocenters. The van der Waals surface area contributed by atoms with E-state index < -0.39 is 0 Å². The molecule has 0 aliphatic carbocycles. The quantitative estimate of drug-likeness (QED) is 0.511. The lowest BCUT2D eigenvalue weighted by Crippen LogP contribution is -2.30. The van der Waals surface area contributed by atoms with E-state index in [1.807, 2.05) is 0 Å². The summed E-state index contributed by atoms with van der Waals surface area (Å²) in [6.07, 6.45) is 9.50. The van der Waals surface area contributed by atoms with Gasteiger partial charge in [0.25, 0.3) is 0 Å². The van der Waals surface area contributed by atoms with Crippen molar-refractivity contribution in [2.24, 2.45) is 5.92 Å². The van der Waals surface area contributed by atoms with Crippen molar-refractivity contribution in [2.75, 3.05) is 26.3 Å². The van der Waals surface area contributed by atoms with Gasteiger partial charge in [-0.2, -0.15) is 0 Å². The molecule has 1 N–H and O–H groups in total. The van der Waals surface area contributed by atoms with Crippen molar-refractivity contribution < 1.29 is 4.74 Å². The van der Waals surface area contributed by atoms with Crippen molar-refractivity contribution in [1.82, 2.24) is 5.32 Å². The van der Waals surface area contributed by atoms with Gasteiger partial charge in [-0.15, -0.1) is 12.3 Å². The highest BCUT2D eigenvalue weighted by Gasteiger charge is 2.12. The van der Waals surface area contributed by atoms with Gasteiger partial charge in [0.05, 0.1) is 0 Å². The van der Waals surface area contributed by atoms with E-state index in [0.29, 0.717) is 0 Å². The molecule has 0 saturated carbocycles. The van der Waals surface area contributed by atoms with Gasteiger partial charge >= 0.3 is 0 Å². The lowest BCUT2D eigenvalue weighted by Gasteiger charge is -2.22. The topological polar surface area (TPSA) is 21.3 Å². The summed E-state index contributed by atoms with van der Waals surface area (Å²) in [4.78, 5) is 0. The maximum absolute atomic E-state index is 5.55. The van der Waals surface area contributed by atoms with E-state index in [4.69, 9.17) is 11.2 Å². The van der Waals surface area contributed by atoms with Crippen LogP contribution >= 0.6 is 0 Å². The Hall–Kier alpha value is -0.520. The molecule has 0 aromatic heterocycles. The zero-order valence-corrected chi connectivity index (χ0v) is 8.22. The van der Waals surface area contributed by atoms with E-state index in [-0.39, 0.29) is 0 Å². The highest BCUT2D eigenvalue weighted by molar-refractivity contribution is 4.82. The third-order valence-electron chi connectivity index (χ3n) is 2.42. The van der Waals surface area contributed by atoms with E-state index in [0.717, 1.165) is 45.1 Å².